The number of aliphatic imine (C=N–C) groups is 1. The van der Waals surface area contributed by atoms with Gasteiger partial charge in [0.25, 0.3) is 6.02 Å². The van der Waals surface area contributed by atoms with Crippen molar-refractivity contribution in [2.75, 3.05) is 40.9 Å². The molecule has 0 unspecified atom stereocenters. The fourth-order valence-electron chi connectivity index (χ4n) is 10.4. The first-order valence-corrected chi connectivity index (χ1v) is 24.0. The number of hydrogen-bond acceptors (Lipinski definition) is 17. The molecule has 0 bridgehead atoms. The Morgan fingerprint density at radius 2 is 1.71 bits per heavy atom. The number of carbonyl (C=O) groups is 1. The number of hydrogen-bond donors (Lipinski definition) is 6. The molecule has 378 valence electrons. The molecule has 0 spiro atoms. The number of rotatable bonds is 12. The maximum Gasteiger partial charge on any atom is 0.311 e. The summed E-state index contributed by atoms with van der Waals surface area (Å²) in [5.41, 5.74) is -5.49. The minimum absolute atomic E-state index is 0.0820. The number of nitrogens with zero attached hydrogens (tertiary/aromatic N) is 3. The van der Waals surface area contributed by atoms with E-state index in [0.29, 0.717) is 43.0 Å². The molecule has 4 fully saturated rings. The van der Waals surface area contributed by atoms with Gasteiger partial charge in [-0.1, -0.05) is 34.6 Å². The van der Waals surface area contributed by atoms with Crippen LogP contribution in [0.3, 0.4) is 0 Å². The molecule has 4 aliphatic rings. The lowest BCUT2D eigenvalue weighted by atomic mass is 9.75. The summed E-state index contributed by atoms with van der Waals surface area (Å²) in [6, 6.07) is 3.03. The molecular weight excluding hydrogens is 855 g/mol. The van der Waals surface area contributed by atoms with Gasteiger partial charge in [0.2, 0.25) is 5.88 Å². The number of esters is 1. The average Bonchev–Trinajstić information content (AvgIpc) is 3.56. The van der Waals surface area contributed by atoms with Crippen LogP contribution in [0.1, 0.15) is 109 Å². The summed E-state index contributed by atoms with van der Waals surface area (Å²) < 4.78 is 51.2. The third kappa shape index (κ3) is 11.8. The largest absolute Gasteiger partial charge is 0.481 e. The molecule has 66 heavy (non-hydrogen) atoms. The lowest BCUT2D eigenvalue weighted by molar-refractivity contribution is -0.335. The van der Waals surface area contributed by atoms with Crippen molar-refractivity contribution in [3.63, 3.8) is 0 Å². The van der Waals surface area contributed by atoms with Crippen LogP contribution in [-0.4, -0.2) is 173 Å². The summed E-state index contributed by atoms with van der Waals surface area (Å²) in [6.45, 7) is 23.2. The first kappa shape index (κ1) is 54.2. The minimum atomic E-state index is -1.83. The van der Waals surface area contributed by atoms with Crippen LogP contribution in [0.25, 0.3) is 0 Å². The second-order valence-corrected chi connectivity index (χ2v) is 20.7. The van der Waals surface area contributed by atoms with Crippen LogP contribution < -0.4 is 15.4 Å². The number of fused-ring (bicyclic) bond motifs is 1. The van der Waals surface area contributed by atoms with Crippen LogP contribution >= 0.6 is 0 Å². The summed E-state index contributed by atoms with van der Waals surface area (Å²) in [5, 5.41) is 55.1. The zero-order valence-corrected chi connectivity index (χ0v) is 42.1. The fourth-order valence-corrected chi connectivity index (χ4v) is 10.4. The molecule has 4 aliphatic heterocycles. The van der Waals surface area contributed by atoms with Crippen molar-refractivity contribution in [1.82, 2.24) is 20.5 Å². The predicted octanol–water partition coefficient (Wildman–Crippen LogP) is 3.67. The number of ether oxygens (including phenoxy) is 8. The Morgan fingerprint density at radius 3 is 2.32 bits per heavy atom. The maximum absolute atomic E-state index is 14.6. The first-order valence-electron chi connectivity index (χ1n) is 24.0. The molecular formula is C48H83N5O13. The van der Waals surface area contributed by atoms with Gasteiger partial charge in [-0.2, -0.15) is 4.99 Å². The SMILES string of the molecule is CC[C@H]1OC(=O)[C@H](C)[C@@H](O[C@H]2C[C@@](C)(OC)[C@](O)(CNCC(C)C)[C@H](C)O2)[C@H](C)[C@@H](O[C@@H]2O[C@H](C)C[C@H]3[C@H]2O/C(=N\c2ccc(OC)nc2)N3C)[C@](C)(O)C[C@@H](C)CN[C@H](C)[C@@H](O)[C@]1(C)O. The Balaban J connectivity index is 1.56. The van der Waals surface area contributed by atoms with Crippen molar-refractivity contribution in [2.24, 2.45) is 28.7 Å². The number of cyclic esters (lactones) is 1. The third-order valence-corrected chi connectivity index (χ3v) is 14.6. The highest BCUT2D eigenvalue weighted by Crippen LogP contribution is 2.44. The van der Waals surface area contributed by atoms with E-state index in [1.807, 2.05) is 39.6 Å². The number of aliphatic hydroxyl groups is 4. The molecule has 1 aromatic heterocycles. The number of aliphatic hydroxyl groups excluding tert-OH is 1. The summed E-state index contributed by atoms with van der Waals surface area (Å²) in [4.78, 5) is 25.6. The van der Waals surface area contributed by atoms with Gasteiger partial charge < -0.3 is 73.9 Å². The van der Waals surface area contributed by atoms with Crippen molar-refractivity contribution in [3.8, 4) is 5.88 Å². The first-order chi connectivity index (χ1) is 30.8. The van der Waals surface area contributed by atoms with E-state index in [9.17, 15) is 25.2 Å². The molecule has 18 heteroatoms. The van der Waals surface area contributed by atoms with Crippen molar-refractivity contribution in [2.45, 2.75) is 199 Å². The summed E-state index contributed by atoms with van der Waals surface area (Å²) in [5.74, 6) is -1.91. The highest BCUT2D eigenvalue weighted by Gasteiger charge is 2.59. The second kappa shape index (κ2) is 21.9. The molecule has 0 saturated carbocycles. The molecule has 5 rings (SSSR count). The van der Waals surface area contributed by atoms with Gasteiger partial charge in [-0.3, -0.25) is 4.79 Å². The molecule has 18 nitrogen and oxygen atoms in total. The fraction of sp³-hybridized carbons (Fsp3) is 0.854. The Bertz CT molecular complexity index is 1760. The third-order valence-electron chi connectivity index (χ3n) is 14.6. The van der Waals surface area contributed by atoms with Crippen molar-refractivity contribution >= 4 is 17.7 Å². The van der Waals surface area contributed by atoms with Gasteiger partial charge in [-0.15, -0.1) is 0 Å². The molecule has 1 aromatic rings. The van der Waals surface area contributed by atoms with Crippen LogP contribution in [0.4, 0.5) is 5.69 Å². The highest BCUT2D eigenvalue weighted by molar-refractivity contribution is 5.79. The van der Waals surface area contributed by atoms with Gasteiger partial charge >= 0.3 is 5.97 Å². The molecule has 0 aliphatic carbocycles. The van der Waals surface area contributed by atoms with E-state index in [0.717, 1.165) is 0 Å². The van der Waals surface area contributed by atoms with Gasteiger partial charge in [0.1, 0.15) is 29.0 Å². The number of carbonyl (C=O) groups excluding carboxylic acids is 1. The average molecular weight is 938 g/mol. The van der Waals surface area contributed by atoms with Gasteiger partial charge in [0.05, 0.1) is 61.0 Å². The lowest BCUT2D eigenvalue weighted by Crippen LogP contribution is -2.70. The van der Waals surface area contributed by atoms with E-state index >= 15 is 0 Å². The van der Waals surface area contributed by atoms with E-state index in [-0.39, 0.29) is 43.9 Å². The van der Waals surface area contributed by atoms with Gasteiger partial charge in [-0.05, 0) is 98.7 Å². The normalized spacial score (nSPS) is 43.7. The molecule has 5 heterocycles. The van der Waals surface area contributed by atoms with E-state index in [4.69, 9.17) is 42.9 Å². The standard InChI is InChI=1S/C48H83N5O13/c1-16-35-47(12,57)40(54)31(8)50-23-27(4)20-45(10,56)41(66-43-39-34(19-28(5)61-43)53(13)44(65-39)52-33-17-18-36(59-14)51-24-33)29(6)38(30(7)42(55)63-35)64-37-21-46(11,60-15)48(58,32(9)62-37)25-49-22-26(2)3/h17-18,24,26-32,34-35,37-41,43,49-50,54,56-58H,16,19-23,25H2,1-15H3/b52-44-/t27-,28-,29+,30-,31-,32+,34+,35-,37+,38+,39-,40-,41-,43+,45-,46-,47-,48+/m1/s1. The Hall–Kier alpha value is -2.75. The molecule has 18 atom stereocenters. The van der Waals surface area contributed by atoms with E-state index in [1.165, 1.54) is 6.92 Å². The van der Waals surface area contributed by atoms with E-state index in [2.05, 4.69) is 29.5 Å². The zero-order valence-electron chi connectivity index (χ0n) is 42.1. The van der Waals surface area contributed by atoms with Crippen molar-refractivity contribution in [1.29, 1.82) is 0 Å². The second-order valence-electron chi connectivity index (χ2n) is 20.7. The molecule has 4 saturated heterocycles. The van der Waals surface area contributed by atoms with Crippen LogP contribution in [0.15, 0.2) is 23.3 Å². The van der Waals surface area contributed by atoms with Gasteiger partial charge in [-0.25, -0.2) is 4.98 Å². The van der Waals surface area contributed by atoms with Crippen LogP contribution in [0, 0.1) is 23.7 Å². The zero-order chi connectivity index (χ0) is 49.1. The van der Waals surface area contributed by atoms with Crippen LogP contribution in [0.2, 0.25) is 0 Å². The predicted molar refractivity (Wildman–Crippen MR) is 247 cm³/mol. The molecule has 6 N–H and O–H groups in total. The summed E-state index contributed by atoms with van der Waals surface area (Å²) >= 11 is 0. The number of aromatic nitrogens is 1. The van der Waals surface area contributed by atoms with E-state index < -0.39 is 95.5 Å². The Morgan fingerprint density at radius 1 is 1.02 bits per heavy atom. The topological polar surface area (TPSA) is 224 Å². The van der Waals surface area contributed by atoms with Crippen molar-refractivity contribution in [3.05, 3.63) is 18.3 Å². The number of methoxy groups -OCH3 is 2. The van der Waals surface area contributed by atoms with Crippen LogP contribution in [0.5, 0.6) is 5.88 Å². The van der Waals surface area contributed by atoms with E-state index in [1.54, 1.807) is 67.2 Å². The van der Waals surface area contributed by atoms with Gasteiger partial charge in [0, 0.05) is 45.1 Å². The molecule has 0 amide bonds. The maximum atomic E-state index is 14.6. The highest BCUT2D eigenvalue weighted by atomic mass is 16.7. The quantitative estimate of drug-likeness (QED) is 0.165. The molecule has 0 radical (unpaired) electrons. The van der Waals surface area contributed by atoms with Gasteiger partial charge in [0.15, 0.2) is 18.7 Å². The Labute approximate surface area is 392 Å². The van der Waals surface area contributed by atoms with Crippen molar-refractivity contribution < 1.29 is 63.1 Å². The van der Waals surface area contributed by atoms with Crippen LogP contribution in [-0.2, 0) is 38.0 Å². The summed E-state index contributed by atoms with van der Waals surface area (Å²) in [6.07, 6.45) is -5.59. The summed E-state index contributed by atoms with van der Waals surface area (Å²) in [7, 11) is 5.00. The number of amidine groups is 1. The number of likely N-dealkylation sites (N-methyl/N-ethyl adjacent to an activating group) is 1. The monoisotopic (exact) mass is 938 g/mol. The molecule has 0 aromatic carbocycles. The lowest BCUT2D eigenvalue weighted by Gasteiger charge is -2.53. The number of nitrogens with one attached hydrogen (secondary N) is 2. The smallest absolute Gasteiger partial charge is 0.311 e. The minimum Gasteiger partial charge on any atom is -0.481 e. The Kier molecular flexibility index (Phi) is 18.0. The number of pyridine rings is 1.